The lowest BCUT2D eigenvalue weighted by molar-refractivity contribution is -0.137. The molecular weight excluding hydrogens is 402 g/mol. The zero-order chi connectivity index (χ0) is 22.9. The number of carbonyl (C=O) groups is 1. The summed E-state index contributed by atoms with van der Waals surface area (Å²) in [5.41, 5.74) is 2.75. The van der Waals surface area contributed by atoms with Gasteiger partial charge in [0.25, 0.3) is 0 Å². The van der Waals surface area contributed by atoms with Gasteiger partial charge in [0.2, 0.25) is 5.91 Å². The van der Waals surface area contributed by atoms with Crippen LogP contribution in [0.15, 0.2) is 24.3 Å². The highest BCUT2D eigenvalue weighted by Crippen LogP contribution is 2.33. The second-order valence-corrected chi connectivity index (χ2v) is 9.54. The average Bonchev–Trinajstić information content (AvgIpc) is 2.83. The number of fused-ring (bicyclic) bond motifs is 1. The number of nitrogens with zero attached hydrogens (tertiary/aromatic N) is 4. The molecule has 2 aliphatic heterocycles. The molecule has 0 aliphatic carbocycles. The maximum Gasteiger partial charge on any atom is 0.232 e. The first-order valence-electron chi connectivity index (χ1n) is 11.5. The predicted octanol–water partition coefficient (Wildman–Crippen LogP) is 3.20. The van der Waals surface area contributed by atoms with Gasteiger partial charge in [-0.1, -0.05) is 12.1 Å². The fourth-order valence-corrected chi connectivity index (χ4v) is 4.86. The third-order valence-electron chi connectivity index (χ3n) is 6.93. The molecule has 1 saturated heterocycles. The molecule has 7 heteroatoms. The fourth-order valence-electron chi connectivity index (χ4n) is 4.86. The molecule has 0 unspecified atom stereocenters. The van der Waals surface area contributed by atoms with E-state index >= 15 is 0 Å². The summed E-state index contributed by atoms with van der Waals surface area (Å²) in [7, 11) is 5.71. The van der Waals surface area contributed by atoms with Gasteiger partial charge in [0.1, 0.15) is 17.4 Å². The summed E-state index contributed by atoms with van der Waals surface area (Å²) in [6.45, 7) is 7.34. The molecule has 2 aliphatic rings. The van der Waals surface area contributed by atoms with Crippen LogP contribution in [-0.2, 0) is 23.2 Å². The molecule has 3 heterocycles. The number of carbonyl (C=O) groups excluding carboxylic acids is 1. The number of piperidine rings is 1. The topological polar surface area (TPSA) is 70.6 Å². The Labute approximate surface area is 191 Å². The van der Waals surface area contributed by atoms with Gasteiger partial charge in [0.05, 0.1) is 18.2 Å². The van der Waals surface area contributed by atoms with Crippen molar-refractivity contribution in [1.29, 1.82) is 0 Å². The van der Waals surface area contributed by atoms with Gasteiger partial charge in [-0.25, -0.2) is 9.97 Å². The normalized spacial score (nSPS) is 19.4. The number of hydrogen-bond donors (Lipinski definition) is 1. The molecule has 0 radical (unpaired) electrons. The summed E-state index contributed by atoms with van der Waals surface area (Å²) in [5, 5.41) is 3.28. The van der Waals surface area contributed by atoms with Gasteiger partial charge >= 0.3 is 0 Å². The third kappa shape index (κ3) is 4.31. The van der Waals surface area contributed by atoms with Crippen molar-refractivity contribution in [3.63, 3.8) is 0 Å². The van der Waals surface area contributed by atoms with E-state index in [0.29, 0.717) is 6.54 Å². The van der Waals surface area contributed by atoms with Crippen LogP contribution >= 0.6 is 0 Å². The van der Waals surface area contributed by atoms with E-state index in [9.17, 15) is 4.79 Å². The summed E-state index contributed by atoms with van der Waals surface area (Å²) < 4.78 is 5.27. The van der Waals surface area contributed by atoms with Crippen molar-refractivity contribution < 1.29 is 9.53 Å². The highest BCUT2D eigenvalue weighted by molar-refractivity contribution is 5.87. The van der Waals surface area contributed by atoms with Gasteiger partial charge in [-0.2, -0.15) is 0 Å². The number of anilines is 1. The molecule has 0 bridgehead atoms. The van der Waals surface area contributed by atoms with Crippen molar-refractivity contribution in [1.82, 2.24) is 19.8 Å². The molecule has 7 nitrogen and oxygen atoms in total. The summed E-state index contributed by atoms with van der Waals surface area (Å²) in [4.78, 5) is 27.8. The predicted molar refractivity (Wildman–Crippen MR) is 126 cm³/mol. The maximum absolute atomic E-state index is 13.6. The monoisotopic (exact) mass is 437 g/mol. The van der Waals surface area contributed by atoms with E-state index in [0.717, 1.165) is 67.5 Å². The minimum absolute atomic E-state index is 0.154. The molecule has 4 rings (SSSR count). The van der Waals surface area contributed by atoms with Crippen LogP contribution in [0.3, 0.4) is 0 Å². The lowest BCUT2D eigenvalue weighted by atomic mass is 9.82. The van der Waals surface area contributed by atoms with E-state index in [1.54, 1.807) is 7.11 Å². The molecule has 32 heavy (non-hydrogen) atoms. The number of aromatic nitrogens is 2. The van der Waals surface area contributed by atoms with Gasteiger partial charge in [0.15, 0.2) is 0 Å². The van der Waals surface area contributed by atoms with Crippen LogP contribution < -0.4 is 10.1 Å². The number of rotatable bonds is 5. The second kappa shape index (κ2) is 9.06. The Morgan fingerprint density at radius 3 is 2.62 bits per heavy atom. The highest BCUT2D eigenvalue weighted by Gasteiger charge is 2.37. The molecule has 0 spiro atoms. The first-order chi connectivity index (χ1) is 15.3. The summed E-state index contributed by atoms with van der Waals surface area (Å²) in [6, 6.07) is 7.81. The Hall–Kier alpha value is -2.67. The van der Waals surface area contributed by atoms with Crippen molar-refractivity contribution in [2.24, 2.45) is 0 Å². The quantitative estimate of drug-likeness (QED) is 0.775. The van der Waals surface area contributed by atoms with Crippen LogP contribution in [0.5, 0.6) is 5.75 Å². The van der Waals surface area contributed by atoms with Crippen molar-refractivity contribution >= 4 is 11.7 Å². The smallest absolute Gasteiger partial charge is 0.232 e. The molecule has 2 aromatic rings. The summed E-state index contributed by atoms with van der Waals surface area (Å²) in [6.07, 6.45) is 2.91. The Morgan fingerprint density at radius 1 is 1.19 bits per heavy atom. The number of amides is 1. The van der Waals surface area contributed by atoms with Crippen molar-refractivity contribution in [2.75, 3.05) is 46.2 Å². The van der Waals surface area contributed by atoms with E-state index in [4.69, 9.17) is 14.7 Å². The Bertz CT molecular complexity index is 956. The highest BCUT2D eigenvalue weighted by atomic mass is 16.5. The fraction of sp³-hybridized carbons (Fsp3) is 0.560. The number of ether oxygens (including phenoxy) is 1. The largest absolute Gasteiger partial charge is 0.497 e. The van der Waals surface area contributed by atoms with Crippen LogP contribution in [0.25, 0.3) is 0 Å². The molecule has 172 valence electrons. The van der Waals surface area contributed by atoms with Gasteiger partial charge in [-0.05, 0) is 51.4 Å². The van der Waals surface area contributed by atoms with E-state index in [2.05, 4.69) is 17.3 Å². The first kappa shape index (κ1) is 22.5. The van der Waals surface area contributed by atoms with Crippen LogP contribution in [0.2, 0.25) is 0 Å². The van der Waals surface area contributed by atoms with Crippen LogP contribution in [-0.4, -0.2) is 66.5 Å². The summed E-state index contributed by atoms with van der Waals surface area (Å²) >= 11 is 0. The minimum atomic E-state index is -0.606. The molecule has 1 atom stereocenters. The number of hydrogen-bond acceptors (Lipinski definition) is 6. The van der Waals surface area contributed by atoms with Crippen molar-refractivity contribution in [2.45, 2.75) is 51.0 Å². The number of likely N-dealkylation sites (tertiary alicyclic amines) is 1. The first-order valence-corrected chi connectivity index (χ1v) is 11.5. The molecule has 1 aromatic heterocycles. The molecule has 1 amide bonds. The lowest BCUT2D eigenvalue weighted by Crippen LogP contribution is -2.47. The van der Waals surface area contributed by atoms with E-state index in [-0.39, 0.29) is 11.8 Å². The molecular formula is C25H35N5O2. The van der Waals surface area contributed by atoms with Gasteiger partial charge < -0.3 is 19.9 Å². The van der Waals surface area contributed by atoms with Crippen molar-refractivity contribution in [3.8, 4) is 5.75 Å². The molecule has 1 fully saturated rings. The summed E-state index contributed by atoms with van der Waals surface area (Å²) in [5.74, 6) is 2.92. The minimum Gasteiger partial charge on any atom is -0.497 e. The van der Waals surface area contributed by atoms with E-state index in [1.807, 2.05) is 50.1 Å². The molecule has 1 aromatic carbocycles. The van der Waals surface area contributed by atoms with Crippen LogP contribution in [0.4, 0.5) is 5.82 Å². The number of nitrogens with one attached hydrogen (secondary N) is 1. The van der Waals surface area contributed by atoms with Gasteiger partial charge in [-0.3, -0.25) is 4.79 Å². The zero-order valence-electron chi connectivity index (χ0n) is 19.9. The van der Waals surface area contributed by atoms with Gasteiger partial charge in [0, 0.05) is 51.1 Å². The Morgan fingerprint density at radius 2 is 1.94 bits per heavy atom. The van der Waals surface area contributed by atoms with E-state index < -0.39 is 5.41 Å². The lowest BCUT2D eigenvalue weighted by Gasteiger charge is -2.38. The number of benzene rings is 1. The van der Waals surface area contributed by atoms with Crippen LogP contribution in [0, 0.1) is 0 Å². The number of methoxy groups -OCH3 is 1. The van der Waals surface area contributed by atoms with E-state index in [1.165, 1.54) is 5.56 Å². The maximum atomic E-state index is 13.6. The zero-order valence-corrected chi connectivity index (χ0v) is 19.9. The molecule has 0 saturated carbocycles. The SMILES string of the molecule is CNc1nc([C@H]2CCCN(C(=O)C(C)(C)c3ccc(OC)cc3)C2)nc2c1CN(C)CC2. The average molecular weight is 438 g/mol. The standard InChI is InChI=1S/C25H35N5O2/c1-25(2,18-8-10-19(32-5)11-9-18)24(31)30-13-6-7-17(15-30)22-27-21-12-14-29(4)16-20(21)23(26-3)28-22/h8-11,17H,6-7,12-16H2,1-5H3,(H,26,27,28)/t17-/m0/s1. The van der Waals surface area contributed by atoms with Crippen molar-refractivity contribution in [3.05, 3.63) is 46.9 Å². The van der Waals surface area contributed by atoms with Gasteiger partial charge in [-0.15, -0.1) is 0 Å². The second-order valence-electron chi connectivity index (χ2n) is 9.54. The third-order valence-corrected chi connectivity index (χ3v) is 6.93. The van der Waals surface area contributed by atoms with Crippen LogP contribution in [0.1, 0.15) is 55.3 Å². The Balaban J connectivity index is 1.55. The Kier molecular flexibility index (Phi) is 6.38. The molecule has 1 N–H and O–H groups in total. The number of likely N-dealkylation sites (N-methyl/N-ethyl adjacent to an activating group) is 1.